The highest BCUT2D eigenvalue weighted by Gasteiger charge is 2.38. The van der Waals surface area contributed by atoms with E-state index in [0.717, 1.165) is 64.3 Å². The molecule has 1 unspecified atom stereocenters. The number of hydrogen-bond donors (Lipinski definition) is 1. The molecule has 1 atom stereocenters. The first kappa shape index (κ1) is 40.6. The molecular formula is C38H71NO3. The van der Waals surface area contributed by atoms with Gasteiger partial charge in [0.1, 0.15) is 11.7 Å². The highest BCUT2D eigenvalue weighted by molar-refractivity contribution is 5.69. The van der Waals surface area contributed by atoms with Crippen LogP contribution in [0.4, 0.5) is 0 Å². The zero-order valence-electron chi connectivity index (χ0n) is 28.7. The quantitative estimate of drug-likeness (QED) is 0.0514. The van der Waals surface area contributed by atoms with E-state index < -0.39 is 11.7 Å². The Hall–Kier alpha value is -1.39. The van der Waals surface area contributed by atoms with Crippen LogP contribution in [0.2, 0.25) is 0 Å². The van der Waals surface area contributed by atoms with Gasteiger partial charge in [-0.3, -0.25) is 4.79 Å². The molecule has 0 fully saturated rings. The third-order valence-electron chi connectivity index (χ3n) is 8.09. The SMILES string of the molecule is CCCCC/C=C/CCCC(O)(CCC/C=C/CCCCC)C(CC/C=C/CCCCCC)OC(=O)CCCN(C)C. The normalized spacial score (nSPS) is 13.3. The predicted molar refractivity (Wildman–Crippen MR) is 184 cm³/mol. The first-order chi connectivity index (χ1) is 20.4. The van der Waals surface area contributed by atoms with Crippen LogP contribution in [0.3, 0.4) is 0 Å². The Morgan fingerprint density at radius 2 is 1.07 bits per heavy atom. The maximum absolute atomic E-state index is 12.9. The van der Waals surface area contributed by atoms with Crippen LogP contribution in [0.15, 0.2) is 36.5 Å². The lowest BCUT2D eigenvalue weighted by Crippen LogP contribution is -2.45. The Balaban J connectivity index is 5.35. The average Bonchev–Trinajstić information content (AvgIpc) is 2.96. The summed E-state index contributed by atoms with van der Waals surface area (Å²) in [6.07, 6.45) is 37.0. The lowest BCUT2D eigenvalue weighted by atomic mass is 9.83. The van der Waals surface area contributed by atoms with Gasteiger partial charge in [0, 0.05) is 6.42 Å². The van der Waals surface area contributed by atoms with Crippen LogP contribution in [0, 0.1) is 0 Å². The number of unbranched alkanes of at least 4 members (excludes halogenated alkanes) is 12. The number of ether oxygens (including phenoxy) is 1. The molecule has 0 bridgehead atoms. The van der Waals surface area contributed by atoms with Crippen LogP contribution in [-0.2, 0) is 9.53 Å². The third-order valence-corrected chi connectivity index (χ3v) is 8.09. The van der Waals surface area contributed by atoms with Crippen LogP contribution in [0.25, 0.3) is 0 Å². The largest absolute Gasteiger partial charge is 0.459 e. The van der Waals surface area contributed by atoms with E-state index in [0.29, 0.717) is 25.7 Å². The summed E-state index contributed by atoms with van der Waals surface area (Å²) in [7, 11) is 4.05. The molecule has 0 heterocycles. The Morgan fingerprint density at radius 1 is 0.643 bits per heavy atom. The van der Waals surface area contributed by atoms with Gasteiger partial charge in [0.05, 0.1) is 0 Å². The summed E-state index contributed by atoms with van der Waals surface area (Å²) in [5.74, 6) is -0.171. The van der Waals surface area contributed by atoms with E-state index in [4.69, 9.17) is 4.74 Å². The molecule has 0 rings (SSSR count). The molecule has 0 amide bonds. The van der Waals surface area contributed by atoms with E-state index in [-0.39, 0.29) is 5.97 Å². The van der Waals surface area contributed by atoms with E-state index in [1.165, 1.54) is 64.2 Å². The van der Waals surface area contributed by atoms with Crippen molar-refractivity contribution in [1.82, 2.24) is 4.90 Å². The number of esters is 1. The minimum Gasteiger partial charge on any atom is -0.459 e. The molecule has 0 aromatic heterocycles. The van der Waals surface area contributed by atoms with Gasteiger partial charge < -0.3 is 14.7 Å². The molecule has 4 nitrogen and oxygen atoms in total. The van der Waals surface area contributed by atoms with Crippen molar-refractivity contribution in [1.29, 1.82) is 0 Å². The van der Waals surface area contributed by atoms with Gasteiger partial charge in [0.15, 0.2) is 0 Å². The maximum Gasteiger partial charge on any atom is 0.306 e. The van der Waals surface area contributed by atoms with E-state index in [2.05, 4.69) is 62.1 Å². The second-order valence-corrected chi connectivity index (χ2v) is 12.6. The minimum atomic E-state index is -0.988. The summed E-state index contributed by atoms with van der Waals surface area (Å²) < 4.78 is 6.12. The Morgan fingerprint density at radius 3 is 1.55 bits per heavy atom. The van der Waals surface area contributed by atoms with Crippen molar-refractivity contribution in [3.8, 4) is 0 Å². The van der Waals surface area contributed by atoms with Crippen molar-refractivity contribution in [2.75, 3.05) is 20.6 Å². The molecule has 1 N–H and O–H groups in total. The van der Waals surface area contributed by atoms with Gasteiger partial charge in [-0.15, -0.1) is 0 Å². The fraction of sp³-hybridized carbons (Fsp3) is 0.816. The van der Waals surface area contributed by atoms with Crippen molar-refractivity contribution < 1.29 is 14.6 Å². The summed E-state index contributed by atoms with van der Waals surface area (Å²) in [6.45, 7) is 7.58. The first-order valence-electron chi connectivity index (χ1n) is 17.9. The van der Waals surface area contributed by atoms with Crippen molar-refractivity contribution >= 4 is 5.97 Å². The topological polar surface area (TPSA) is 49.8 Å². The fourth-order valence-corrected chi connectivity index (χ4v) is 5.36. The first-order valence-corrected chi connectivity index (χ1v) is 17.9. The minimum absolute atomic E-state index is 0.171. The van der Waals surface area contributed by atoms with Gasteiger partial charge in [-0.25, -0.2) is 0 Å². The molecule has 0 aliphatic carbocycles. The van der Waals surface area contributed by atoms with Gasteiger partial charge in [0.2, 0.25) is 0 Å². The molecule has 246 valence electrons. The molecule has 0 aromatic carbocycles. The number of aliphatic hydroxyl groups is 1. The van der Waals surface area contributed by atoms with Crippen molar-refractivity contribution in [2.45, 2.75) is 180 Å². The number of carbonyl (C=O) groups is 1. The smallest absolute Gasteiger partial charge is 0.306 e. The zero-order chi connectivity index (χ0) is 31.2. The standard InChI is InChI=1S/C38H71NO3/c1-6-9-12-15-18-21-24-27-31-36(42-37(40)32-30-35-39(4)5)38(41,33-28-25-22-19-16-13-10-7-2)34-29-26-23-20-17-14-11-8-3/h19-24,36,41H,6-18,25-35H2,1-5H3/b22-19+,23-20+,24-21+. The average molecular weight is 590 g/mol. The Kier molecular flexibility index (Phi) is 28.7. The van der Waals surface area contributed by atoms with Crippen LogP contribution in [-0.4, -0.2) is 48.3 Å². The Bertz CT molecular complexity index is 656. The lowest BCUT2D eigenvalue weighted by Gasteiger charge is -2.36. The van der Waals surface area contributed by atoms with Gasteiger partial charge >= 0.3 is 5.97 Å². The predicted octanol–water partition coefficient (Wildman–Crippen LogP) is 10.9. The van der Waals surface area contributed by atoms with E-state index in [9.17, 15) is 9.90 Å². The monoisotopic (exact) mass is 590 g/mol. The second kappa shape index (κ2) is 29.7. The number of allylic oxidation sites excluding steroid dienone is 6. The number of hydrogen-bond acceptors (Lipinski definition) is 4. The molecule has 0 radical (unpaired) electrons. The highest BCUT2D eigenvalue weighted by atomic mass is 16.6. The summed E-state index contributed by atoms with van der Waals surface area (Å²) in [5, 5.41) is 12.1. The molecule has 0 aliphatic heterocycles. The Labute approximate surface area is 262 Å². The van der Waals surface area contributed by atoms with Crippen LogP contribution in [0.5, 0.6) is 0 Å². The van der Waals surface area contributed by atoms with Crippen molar-refractivity contribution in [2.24, 2.45) is 0 Å². The fourth-order valence-electron chi connectivity index (χ4n) is 5.36. The third kappa shape index (κ3) is 25.1. The molecule has 42 heavy (non-hydrogen) atoms. The van der Waals surface area contributed by atoms with Crippen molar-refractivity contribution in [3.63, 3.8) is 0 Å². The summed E-state index contributed by atoms with van der Waals surface area (Å²) in [6, 6.07) is 0. The zero-order valence-corrected chi connectivity index (χ0v) is 28.7. The van der Waals surface area contributed by atoms with Gasteiger partial charge in [0.25, 0.3) is 0 Å². The molecule has 4 heteroatoms. The molecular weight excluding hydrogens is 518 g/mol. The number of rotatable bonds is 30. The molecule has 0 saturated carbocycles. The number of carbonyl (C=O) groups excluding carboxylic acids is 1. The van der Waals surface area contributed by atoms with Crippen LogP contribution >= 0.6 is 0 Å². The van der Waals surface area contributed by atoms with Gasteiger partial charge in [-0.05, 0) is 117 Å². The number of nitrogens with zero attached hydrogens (tertiary/aromatic N) is 1. The maximum atomic E-state index is 12.9. The summed E-state index contributed by atoms with van der Waals surface area (Å²) >= 11 is 0. The highest BCUT2D eigenvalue weighted by Crippen LogP contribution is 2.31. The van der Waals surface area contributed by atoms with E-state index >= 15 is 0 Å². The van der Waals surface area contributed by atoms with E-state index in [1.807, 2.05) is 14.1 Å². The summed E-state index contributed by atoms with van der Waals surface area (Å²) in [5.41, 5.74) is -0.988. The van der Waals surface area contributed by atoms with Crippen LogP contribution in [0.1, 0.15) is 168 Å². The molecule has 0 aromatic rings. The summed E-state index contributed by atoms with van der Waals surface area (Å²) in [4.78, 5) is 15.0. The molecule has 0 spiro atoms. The van der Waals surface area contributed by atoms with E-state index in [1.54, 1.807) is 0 Å². The lowest BCUT2D eigenvalue weighted by molar-refractivity contribution is -0.169. The van der Waals surface area contributed by atoms with Crippen molar-refractivity contribution in [3.05, 3.63) is 36.5 Å². The second-order valence-electron chi connectivity index (χ2n) is 12.6. The van der Waals surface area contributed by atoms with Crippen LogP contribution < -0.4 is 0 Å². The van der Waals surface area contributed by atoms with Gasteiger partial charge in [-0.2, -0.15) is 0 Å². The molecule has 0 saturated heterocycles. The molecule has 0 aliphatic rings. The van der Waals surface area contributed by atoms with Gasteiger partial charge in [-0.1, -0.05) is 102 Å².